The Morgan fingerprint density at radius 1 is 0.842 bits per heavy atom. The average molecular weight is 547 g/mol. The highest BCUT2D eigenvalue weighted by Gasteiger charge is 2.23. The number of anilines is 2. The van der Waals surface area contributed by atoms with Crippen molar-refractivity contribution in [2.24, 2.45) is 0 Å². The lowest BCUT2D eigenvalue weighted by Gasteiger charge is -2.19. The van der Waals surface area contributed by atoms with Crippen LogP contribution in [0.1, 0.15) is 16.4 Å². The van der Waals surface area contributed by atoms with Crippen molar-refractivity contribution in [3.8, 4) is 11.5 Å². The average Bonchev–Trinajstić information content (AvgIpc) is 2.93. The summed E-state index contributed by atoms with van der Waals surface area (Å²) in [5.74, 6) is 0.773. The molecule has 0 aliphatic carbocycles. The second-order valence-corrected chi connectivity index (χ2v) is 9.96. The number of nitrogens with one attached hydrogen (secondary N) is 2. The quantitative estimate of drug-likeness (QED) is 0.209. The van der Waals surface area contributed by atoms with Gasteiger partial charge in [0.15, 0.2) is 0 Å². The monoisotopic (exact) mass is 546 g/mol. The first-order valence-electron chi connectivity index (χ1n) is 11.8. The number of thioether (sulfide) groups is 1. The maximum Gasteiger partial charge on any atom is 0.242 e. The number of hydrogen-bond donors (Lipinski definition) is 2. The van der Waals surface area contributed by atoms with Gasteiger partial charge in [-0.15, -0.1) is 11.8 Å². The summed E-state index contributed by atoms with van der Waals surface area (Å²) in [5, 5.41) is 5.99. The van der Waals surface area contributed by atoms with Crippen LogP contribution in [0.5, 0.6) is 11.5 Å². The highest BCUT2D eigenvalue weighted by molar-refractivity contribution is 8.00. The van der Waals surface area contributed by atoms with Gasteiger partial charge < -0.3 is 20.1 Å². The van der Waals surface area contributed by atoms with Crippen LogP contribution in [0.3, 0.4) is 0 Å². The second-order valence-electron chi connectivity index (χ2n) is 8.34. The van der Waals surface area contributed by atoms with Gasteiger partial charge in [0.25, 0.3) is 0 Å². The molecule has 0 bridgehead atoms. The van der Waals surface area contributed by atoms with E-state index in [-0.39, 0.29) is 18.2 Å². The van der Waals surface area contributed by atoms with E-state index < -0.39 is 5.25 Å². The Morgan fingerprint density at radius 3 is 2.32 bits per heavy atom. The summed E-state index contributed by atoms with van der Waals surface area (Å²) in [5.41, 5.74) is 2.87. The summed E-state index contributed by atoms with van der Waals surface area (Å²) in [6, 6.07) is 29.4. The van der Waals surface area contributed by atoms with Crippen LogP contribution in [0.15, 0.2) is 102 Å². The van der Waals surface area contributed by atoms with Crippen molar-refractivity contribution in [3.05, 3.63) is 113 Å². The van der Waals surface area contributed by atoms with Crippen molar-refractivity contribution in [2.45, 2.75) is 16.6 Å². The minimum atomic E-state index is -0.563. The molecule has 0 aliphatic rings. The van der Waals surface area contributed by atoms with E-state index in [4.69, 9.17) is 21.1 Å². The van der Waals surface area contributed by atoms with Crippen LogP contribution in [0.4, 0.5) is 11.4 Å². The summed E-state index contributed by atoms with van der Waals surface area (Å²) in [6.45, 7) is 0. The molecule has 194 valence electrons. The van der Waals surface area contributed by atoms with E-state index in [2.05, 4.69) is 10.6 Å². The standard InChI is InChI=1S/C30H27ClN2O4S/c1-36-24-15-16-27(37-2)26(19-24)33-30(35)29(21-7-4-3-5-8-21)38-25-10-6-9-23(18-25)32-28(34)17-20-11-13-22(31)14-12-20/h3-16,18-19,29H,17H2,1-2H3,(H,32,34)(H,33,35). The Hall–Kier alpha value is -3.94. The zero-order chi connectivity index (χ0) is 26.9. The Balaban J connectivity index is 1.52. The summed E-state index contributed by atoms with van der Waals surface area (Å²) in [7, 11) is 3.12. The van der Waals surface area contributed by atoms with Gasteiger partial charge in [-0.25, -0.2) is 0 Å². The van der Waals surface area contributed by atoms with E-state index in [1.165, 1.54) is 11.8 Å². The van der Waals surface area contributed by atoms with Gasteiger partial charge in [0, 0.05) is 21.7 Å². The summed E-state index contributed by atoms with van der Waals surface area (Å²) in [4.78, 5) is 27.0. The molecule has 8 heteroatoms. The minimum absolute atomic E-state index is 0.142. The van der Waals surface area contributed by atoms with Gasteiger partial charge in [0.05, 0.1) is 26.3 Å². The van der Waals surface area contributed by atoms with Gasteiger partial charge in [-0.3, -0.25) is 9.59 Å². The second kappa shape index (κ2) is 13.0. The van der Waals surface area contributed by atoms with Gasteiger partial charge in [-0.05, 0) is 53.6 Å². The fourth-order valence-corrected chi connectivity index (χ4v) is 5.00. The Kier molecular flexibility index (Phi) is 9.30. The van der Waals surface area contributed by atoms with E-state index in [1.54, 1.807) is 44.6 Å². The van der Waals surface area contributed by atoms with Crippen LogP contribution in [0.2, 0.25) is 5.02 Å². The topological polar surface area (TPSA) is 76.7 Å². The van der Waals surface area contributed by atoms with Gasteiger partial charge in [-0.2, -0.15) is 0 Å². The van der Waals surface area contributed by atoms with Crippen molar-refractivity contribution in [3.63, 3.8) is 0 Å². The molecule has 2 N–H and O–H groups in total. The Bertz CT molecular complexity index is 1400. The molecule has 0 fully saturated rings. The zero-order valence-electron chi connectivity index (χ0n) is 20.9. The van der Waals surface area contributed by atoms with Crippen molar-refractivity contribution >= 4 is 46.6 Å². The van der Waals surface area contributed by atoms with Crippen LogP contribution < -0.4 is 20.1 Å². The largest absolute Gasteiger partial charge is 0.497 e. The predicted molar refractivity (Wildman–Crippen MR) is 153 cm³/mol. The van der Waals surface area contributed by atoms with E-state index >= 15 is 0 Å². The summed E-state index contributed by atoms with van der Waals surface area (Å²) >= 11 is 7.32. The number of rotatable bonds is 10. The number of ether oxygens (including phenoxy) is 2. The van der Waals surface area contributed by atoms with Crippen LogP contribution in [-0.4, -0.2) is 26.0 Å². The normalized spacial score (nSPS) is 11.3. The minimum Gasteiger partial charge on any atom is -0.497 e. The van der Waals surface area contributed by atoms with Crippen molar-refractivity contribution in [1.82, 2.24) is 0 Å². The molecule has 0 spiro atoms. The molecule has 0 radical (unpaired) electrons. The SMILES string of the molecule is COc1ccc(OC)c(NC(=O)C(Sc2cccc(NC(=O)Cc3ccc(Cl)cc3)c2)c2ccccc2)c1. The first-order valence-corrected chi connectivity index (χ1v) is 13.1. The predicted octanol–water partition coefficient (Wildman–Crippen LogP) is 7.01. The molecule has 0 aromatic heterocycles. The first-order chi connectivity index (χ1) is 18.4. The molecule has 6 nitrogen and oxygen atoms in total. The zero-order valence-corrected chi connectivity index (χ0v) is 22.5. The molecule has 0 saturated heterocycles. The number of halogens is 1. The molecule has 0 aliphatic heterocycles. The van der Waals surface area contributed by atoms with Crippen molar-refractivity contribution < 1.29 is 19.1 Å². The molecule has 0 heterocycles. The molecule has 4 rings (SSSR count). The molecule has 4 aromatic rings. The first kappa shape index (κ1) is 27.1. The van der Waals surface area contributed by atoms with E-state index in [1.807, 2.05) is 66.7 Å². The van der Waals surface area contributed by atoms with Crippen LogP contribution in [0, 0.1) is 0 Å². The van der Waals surface area contributed by atoms with E-state index in [0.717, 1.165) is 16.0 Å². The number of carbonyl (C=O) groups excluding carboxylic acids is 2. The van der Waals surface area contributed by atoms with E-state index in [9.17, 15) is 9.59 Å². The smallest absolute Gasteiger partial charge is 0.242 e. The van der Waals surface area contributed by atoms with Gasteiger partial charge in [0.1, 0.15) is 16.7 Å². The number of hydrogen-bond acceptors (Lipinski definition) is 5. The maximum absolute atomic E-state index is 13.6. The maximum atomic E-state index is 13.6. The summed E-state index contributed by atoms with van der Waals surface area (Å²) in [6.07, 6.45) is 0.228. The van der Waals surface area contributed by atoms with Gasteiger partial charge >= 0.3 is 0 Å². The molecular weight excluding hydrogens is 520 g/mol. The summed E-state index contributed by atoms with van der Waals surface area (Å²) < 4.78 is 10.7. The number of amides is 2. The van der Waals surface area contributed by atoms with Crippen molar-refractivity contribution in [1.29, 1.82) is 0 Å². The Morgan fingerprint density at radius 2 is 1.61 bits per heavy atom. The molecule has 1 unspecified atom stereocenters. The third-order valence-corrected chi connectivity index (χ3v) is 7.15. The lowest BCUT2D eigenvalue weighted by molar-refractivity contribution is -0.116. The third kappa shape index (κ3) is 7.31. The Labute approximate surface area is 231 Å². The van der Waals surface area contributed by atoms with Crippen molar-refractivity contribution in [2.75, 3.05) is 24.9 Å². The molecule has 2 amide bonds. The fourth-order valence-electron chi connectivity index (χ4n) is 3.79. The number of carbonyl (C=O) groups is 2. The molecule has 38 heavy (non-hydrogen) atoms. The van der Waals surface area contributed by atoms with E-state index in [0.29, 0.717) is 27.9 Å². The van der Waals surface area contributed by atoms with Crippen LogP contribution in [0.25, 0.3) is 0 Å². The highest BCUT2D eigenvalue weighted by atomic mass is 35.5. The molecule has 1 atom stereocenters. The van der Waals surface area contributed by atoms with Gasteiger partial charge in [-0.1, -0.05) is 60.1 Å². The van der Waals surface area contributed by atoms with Crippen LogP contribution in [-0.2, 0) is 16.0 Å². The fraction of sp³-hybridized carbons (Fsp3) is 0.133. The third-order valence-electron chi connectivity index (χ3n) is 5.65. The molecular formula is C30H27ClN2O4S. The highest BCUT2D eigenvalue weighted by Crippen LogP contribution is 2.38. The molecule has 4 aromatic carbocycles. The lowest BCUT2D eigenvalue weighted by Crippen LogP contribution is -2.19. The molecule has 0 saturated carbocycles. The lowest BCUT2D eigenvalue weighted by atomic mass is 10.1. The number of benzene rings is 4. The number of methoxy groups -OCH3 is 2. The van der Waals surface area contributed by atoms with Crippen LogP contribution >= 0.6 is 23.4 Å². The van der Waals surface area contributed by atoms with Gasteiger partial charge in [0.2, 0.25) is 11.8 Å².